The lowest BCUT2D eigenvalue weighted by Crippen LogP contribution is -2.17. The maximum absolute atomic E-state index is 2.48. The van der Waals surface area contributed by atoms with Crippen molar-refractivity contribution in [2.75, 3.05) is 6.26 Å². The fraction of sp³-hybridized carbons (Fsp3) is 0.368. The summed E-state index contributed by atoms with van der Waals surface area (Å²) in [6, 6.07) is 11.1. The molecule has 1 aromatic carbocycles. The van der Waals surface area contributed by atoms with Crippen molar-refractivity contribution in [3.8, 4) is 0 Å². The van der Waals surface area contributed by atoms with Crippen LogP contribution in [0.2, 0.25) is 0 Å². The molecule has 0 heterocycles. The summed E-state index contributed by atoms with van der Waals surface area (Å²) < 4.78 is 0. The van der Waals surface area contributed by atoms with Crippen LogP contribution in [0.4, 0.5) is 0 Å². The van der Waals surface area contributed by atoms with E-state index in [1.54, 1.807) is 4.91 Å². The van der Waals surface area contributed by atoms with E-state index in [-0.39, 0.29) is 0 Å². The van der Waals surface area contributed by atoms with Gasteiger partial charge in [-0.3, -0.25) is 0 Å². The third-order valence-electron chi connectivity index (χ3n) is 4.10. The summed E-state index contributed by atoms with van der Waals surface area (Å²) in [5.41, 5.74) is 0. The number of hydrogen-bond donors (Lipinski definition) is 0. The average Bonchev–Trinajstić information content (AvgIpc) is 2.53. The second-order valence-electron chi connectivity index (χ2n) is 5.35. The Kier molecular flexibility index (Phi) is 5.31. The Morgan fingerprint density at radius 2 is 1.95 bits per heavy atom. The molecule has 0 spiro atoms. The van der Waals surface area contributed by atoms with Gasteiger partial charge in [-0.05, 0) is 54.4 Å². The molecule has 2 atom stereocenters. The molecular formula is C19H26S. The van der Waals surface area contributed by atoms with E-state index in [2.05, 4.69) is 80.8 Å². The average molecular weight is 286 g/mol. The van der Waals surface area contributed by atoms with Gasteiger partial charge in [0.1, 0.15) is 0 Å². The van der Waals surface area contributed by atoms with Gasteiger partial charge in [-0.25, -0.2) is 0 Å². The number of rotatable bonds is 5. The monoisotopic (exact) mass is 286 g/mol. The lowest BCUT2D eigenvalue weighted by molar-refractivity contribution is 0.958. The summed E-state index contributed by atoms with van der Waals surface area (Å²) >= 11 is 0. The summed E-state index contributed by atoms with van der Waals surface area (Å²) in [6.07, 6.45) is 17.9. The molecule has 0 radical (unpaired) electrons. The smallest absolute Gasteiger partial charge is 0.0140 e. The zero-order valence-electron chi connectivity index (χ0n) is 12.9. The fourth-order valence-corrected chi connectivity index (χ4v) is 6.61. The Morgan fingerprint density at radius 3 is 2.50 bits per heavy atom. The lowest BCUT2D eigenvalue weighted by atomic mass is 10.2. The summed E-state index contributed by atoms with van der Waals surface area (Å²) in [6.45, 7) is 4.45. The van der Waals surface area contributed by atoms with Crippen LogP contribution in [0.15, 0.2) is 70.5 Å². The Labute approximate surface area is 125 Å². The Morgan fingerprint density at radius 1 is 1.20 bits per heavy atom. The highest BCUT2D eigenvalue weighted by Crippen LogP contribution is 2.65. The topological polar surface area (TPSA) is 0 Å². The minimum atomic E-state index is -0.985. The first kappa shape index (κ1) is 15.2. The van der Waals surface area contributed by atoms with Gasteiger partial charge in [0.15, 0.2) is 0 Å². The molecule has 108 valence electrons. The highest BCUT2D eigenvalue weighted by atomic mass is 32.3. The first-order valence-electron chi connectivity index (χ1n) is 7.55. The first-order valence-corrected chi connectivity index (χ1v) is 9.65. The molecule has 20 heavy (non-hydrogen) atoms. The van der Waals surface area contributed by atoms with E-state index < -0.39 is 10.0 Å². The normalized spacial score (nSPS) is 21.2. The minimum Gasteiger partial charge on any atom is -0.184 e. The van der Waals surface area contributed by atoms with Crippen molar-refractivity contribution in [1.82, 2.24) is 0 Å². The Balaban J connectivity index is 2.53. The molecular weight excluding hydrogens is 260 g/mol. The van der Waals surface area contributed by atoms with Crippen molar-refractivity contribution < 1.29 is 0 Å². The number of allylic oxidation sites excluding steroid dienone is 4. The maximum Gasteiger partial charge on any atom is 0.0140 e. The Bertz CT molecular complexity index is 510. The van der Waals surface area contributed by atoms with Gasteiger partial charge in [-0.2, -0.15) is 10.0 Å². The van der Waals surface area contributed by atoms with E-state index in [1.165, 1.54) is 24.2 Å². The van der Waals surface area contributed by atoms with Gasteiger partial charge in [0, 0.05) is 5.25 Å². The van der Waals surface area contributed by atoms with Gasteiger partial charge in [0.25, 0.3) is 0 Å². The minimum absolute atomic E-state index is 0.615. The molecule has 1 aromatic rings. The van der Waals surface area contributed by atoms with Crippen molar-refractivity contribution in [3.05, 3.63) is 65.6 Å². The van der Waals surface area contributed by atoms with E-state index in [9.17, 15) is 0 Å². The molecule has 0 bridgehead atoms. The second kappa shape index (κ2) is 6.99. The summed E-state index contributed by atoms with van der Waals surface area (Å²) in [5.74, 6) is 0. The Hall–Kier alpha value is -1.21. The van der Waals surface area contributed by atoms with Crippen LogP contribution in [-0.4, -0.2) is 11.5 Å². The molecule has 1 heteroatoms. The summed E-state index contributed by atoms with van der Waals surface area (Å²) in [7, 11) is -0.985. The van der Waals surface area contributed by atoms with Crippen molar-refractivity contribution in [3.63, 3.8) is 0 Å². The first-order chi connectivity index (χ1) is 9.73. The number of hydrogen-bond acceptors (Lipinski definition) is 0. The van der Waals surface area contributed by atoms with Crippen LogP contribution in [0.5, 0.6) is 0 Å². The van der Waals surface area contributed by atoms with Gasteiger partial charge in [0.05, 0.1) is 0 Å². The summed E-state index contributed by atoms with van der Waals surface area (Å²) in [5, 5.41) is 0.615. The van der Waals surface area contributed by atoms with E-state index in [0.717, 1.165) is 0 Å². The highest BCUT2D eigenvalue weighted by Gasteiger charge is 2.31. The van der Waals surface area contributed by atoms with Crippen LogP contribution in [0.25, 0.3) is 0 Å². The molecule has 0 fully saturated rings. The third-order valence-corrected chi connectivity index (χ3v) is 8.33. The van der Waals surface area contributed by atoms with Crippen molar-refractivity contribution in [2.45, 2.75) is 43.3 Å². The van der Waals surface area contributed by atoms with Crippen LogP contribution in [0, 0.1) is 0 Å². The quantitative estimate of drug-likeness (QED) is 0.576. The predicted octanol–water partition coefficient (Wildman–Crippen LogP) is 6.07. The molecule has 0 aromatic heterocycles. The van der Waals surface area contributed by atoms with E-state index in [4.69, 9.17) is 0 Å². The van der Waals surface area contributed by atoms with Crippen LogP contribution < -0.4 is 0 Å². The lowest BCUT2D eigenvalue weighted by Gasteiger charge is -2.44. The van der Waals surface area contributed by atoms with E-state index in [1.807, 2.05) is 0 Å². The summed E-state index contributed by atoms with van der Waals surface area (Å²) in [4.78, 5) is 3.06. The van der Waals surface area contributed by atoms with Crippen molar-refractivity contribution >= 4 is 10.0 Å². The fourth-order valence-electron chi connectivity index (χ4n) is 2.93. The van der Waals surface area contributed by atoms with E-state index in [0.29, 0.717) is 5.25 Å². The van der Waals surface area contributed by atoms with Gasteiger partial charge in [-0.1, -0.05) is 55.5 Å². The standard InChI is InChI=1S/C19H26S/c1-4-12-17(5-2)20(3,18-13-8-6-9-14-18)19-15-10-7-11-16-19/h4,6,8-10,12-17H,5,7,11H2,1-3H3. The molecule has 0 aliphatic heterocycles. The molecule has 0 saturated heterocycles. The second-order valence-corrected chi connectivity index (χ2v) is 8.87. The maximum atomic E-state index is 2.48. The molecule has 1 aliphatic rings. The van der Waals surface area contributed by atoms with Gasteiger partial charge >= 0.3 is 0 Å². The molecule has 0 N–H and O–H groups in total. The molecule has 0 amide bonds. The van der Waals surface area contributed by atoms with Crippen LogP contribution >= 0.6 is 10.0 Å². The predicted molar refractivity (Wildman–Crippen MR) is 93.6 cm³/mol. The molecule has 2 unspecified atom stereocenters. The van der Waals surface area contributed by atoms with Crippen LogP contribution in [0.1, 0.15) is 33.1 Å². The van der Waals surface area contributed by atoms with Crippen molar-refractivity contribution in [2.24, 2.45) is 0 Å². The van der Waals surface area contributed by atoms with Gasteiger partial charge < -0.3 is 0 Å². The van der Waals surface area contributed by atoms with Crippen molar-refractivity contribution in [1.29, 1.82) is 0 Å². The zero-order valence-corrected chi connectivity index (χ0v) is 13.7. The van der Waals surface area contributed by atoms with Crippen LogP contribution in [-0.2, 0) is 0 Å². The zero-order chi connectivity index (χ0) is 14.4. The largest absolute Gasteiger partial charge is 0.184 e. The highest BCUT2D eigenvalue weighted by molar-refractivity contribution is 8.37. The SMILES string of the molecule is CC=CC(CC)S(C)(C1=CCCC=C1)c1ccccc1. The van der Waals surface area contributed by atoms with E-state index >= 15 is 0 Å². The molecule has 0 nitrogen and oxygen atoms in total. The van der Waals surface area contributed by atoms with Crippen LogP contribution in [0.3, 0.4) is 0 Å². The third kappa shape index (κ3) is 2.93. The molecule has 2 rings (SSSR count). The molecule has 1 aliphatic carbocycles. The molecule has 0 saturated carbocycles. The van der Waals surface area contributed by atoms with Gasteiger partial charge in [-0.15, -0.1) is 0 Å². The van der Waals surface area contributed by atoms with Gasteiger partial charge in [0.2, 0.25) is 0 Å². The number of benzene rings is 1.